The molecule has 0 unspecified atom stereocenters. The third kappa shape index (κ3) is 8.35. The minimum atomic E-state index is -4.47. The first-order valence-electron chi connectivity index (χ1n) is 14.9. The Morgan fingerprint density at radius 2 is 1.51 bits per heavy atom. The number of amides is 2. The second-order valence-electron chi connectivity index (χ2n) is 11.0. The number of carbonyl (C=O) groups excluding carboxylic acids is 2. The molecule has 1 aliphatic carbocycles. The van der Waals surface area contributed by atoms with Gasteiger partial charge in [0, 0.05) is 24.7 Å². The van der Waals surface area contributed by atoms with Gasteiger partial charge in [-0.05, 0) is 61.7 Å². The van der Waals surface area contributed by atoms with Gasteiger partial charge in [-0.1, -0.05) is 42.1 Å². The fraction of sp³-hybridized carbons (Fsp3) is 0.394. The fourth-order valence-corrected chi connectivity index (χ4v) is 7.17. The van der Waals surface area contributed by atoms with E-state index < -0.39 is 28.5 Å². The highest BCUT2D eigenvalue weighted by Gasteiger charge is 2.35. The van der Waals surface area contributed by atoms with Crippen LogP contribution < -0.4 is 28.6 Å². The Morgan fingerprint density at radius 3 is 2.13 bits per heavy atom. The number of carbonyl (C=O) groups is 2. The molecule has 0 aromatic heterocycles. The lowest BCUT2D eigenvalue weighted by atomic mass is 10.1. The van der Waals surface area contributed by atoms with Crippen LogP contribution in [0.4, 0.5) is 5.69 Å². The number of halogens is 2. The molecular weight excluding hydrogens is 669 g/mol. The molecule has 4 rings (SSSR count). The molecule has 0 radical (unpaired) electrons. The fourth-order valence-electron chi connectivity index (χ4n) is 5.42. The summed E-state index contributed by atoms with van der Waals surface area (Å²) in [7, 11) is 1.18. The summed E-state index contributed by atoms with van der Waals surface area (Å²) in [5.74, 6) is -0.0000684. The Balaban J connectivity index is 1.80. The molecule has 0 bridgehead atoms. The van der Waals surface area contributed by atoms with E-state index in [1.807, 2.05) is 0 Å². The Hall–Kier alpha value is -3.87. The van der Waals surface area contributed by atoms with Crippen LogP contribution in [0.1, 0.15) is 38.2 Å². The lowest BCUT2D eigenvalue weighted by molar-refractivity contribution is -0.139. The van der Waals surface area contributed by atoms with Gasteiger partial charge in [-0.15, -0.1) is 0 Å². The van der Waals surface area contributed by atoms with Crippen LogP contribution in [0.3, 0.4) is 0 Å². The van der Waals surface area contributed by atoms with E-state index in [0.717, 1.165) is 30.0 Å². The molecule has 14 heteroatoms. The summed E-state index contributed by atoms with van der Waals surface area (Å²) in [6, 6.07) is 12.7. The van der Waals surface area contributed by atoms with Gasteiger partial charge in [-0.25, -0.2) is 8.42 Å². The number of hydrogen-bond donors (Lipinski definition) is 1. The molecule has 47 heavy (non-hydrogen) atoms. The Bertz CT molecular complexity index is 1700. The van der Waals surface area contributed by atoms with Crippen LogP contribution in [0, 0.1) is 0 Å². The molecule has 1 saturated carbocycles. The van der Waals surface area contributed by atoms with Gasteiger partial charge in [-0.2, -0.15) is 0 Å². The second kappa shape index (κ2) is 15.8. The number of benzene rings is 3. The largest absolute Gasteiger partial charge is 0.497 e. The molecule has 1 fully saturated rings. The van der Waals surface area contributed by atoms with Crippen molar-refractivity contribution in [3.8, 4) is 23.0 Å². The molecule has 0 aliphatic heterocycles. The third-order valence-electron chi connectivity index (χ3n) is 8.08. The molecule has 1 N–H and O–H groups in total. The number of anilines is 1. The van der Waals surface area contributed by atoms with E-state index in [4.69, 9.17) is 42.1 Å². The molecule has 0 saturated heterocycles. The zero-order chi connectivity index (χ0) is 34.3. The number of hydrogen-bond acceptors (Lipinski definition) is 8. The van der Waals surface area contributed by atoms with Crippen LogP contribution >= 0.6 is 23.2 Å². The number of nitrogens with one attached hydrogen (secondary N) is 1. The summed E-state index contributed by atoms with van der Waals surface area (Å²) in [5, 5.41) is 3.65. The van der Waals surface area contributed by atoms with Crippen LogP contribution in [0.25, 0.3) is 0 Å². The van der Waals surface area contributed by atoms with Crippen LogP contribution in [0.2, 0.25) is 10.0 Å². The van der Waals surface area contributed by atoms with Crippen LogP contribution in [-0.4, -0.2) is 72.2 Å². The number of nitrogens with zero attached hydrogens (tertiary/aromatic N) is 2. The molecule has 2 amide bonds. The highest BCUT2D eigenvalue weighted by molar-refractivity contribution is 7.92. The van der Waals surface area contributed by atoms with Crippen molar-refractivity contribution >= 4 is 50.7 Å². The van der Waals surface area contributed by atoms with Gasteiger partial charge in [0.1, 0.15) is 24.1 Å². The Morgan fingerprint density at radius 1 is 0.851 bits per heavy atom. The minimum absolute atomic E-state index is 0.00912. The van der Waals surface area contributed by atoms with Gasteiger partial charge in [0.15, 0.2) is 11.5 Å². The SMILES string of the molecule is COc1ccc(OC)c(N(CC(=O)N(Cc2ccc(Cl)c(Cl)c2)[C@@H](C)C(=O)NC2CCCC2)S(=O)(=O)c2ccc(OC)c(OC)c2)c1. The van der Waals surface area contributed by atoms with Crippen molar-refractivity contribution in [2.75, 3.05) is 39.3 Å². The first kappa shape index (κ1) is 36.0. The maximum absolute atomic E-state index is 14.5. The minimum Gasteiger partial charge on any atom is -0.497 e. The molecule has 0 heterocycles. The first-order chi connectivity index (χ1) is 22.4. The number of rotatable bonds is 14. The highest BCUT2D eigenvalue weighted by atomic mass is 35.5. The van der Waals surface area contributed by atoms with E-state index in [2.05, 4.69) is 5.32 Å². The number of methoxy groups -OCH3 is 4. The Kier molecular flexibility index (Phi) is 12.1. The maximum atomic E-state index is 14.5. The molecule has 3 aromatic rings. The topological polar surface area (TPSA) is 124 Å². The van der Waals surface area contributed by atoms with E-state index in [-0.39, 0.29) is 45.6 Å². The third-order valence-corrected chi connectivity index (χ3v) is 10.6. The second-order valence-corrected chi connectivity index (χ2v) is 13.7. The summed E-state index contributed by atoms with van der Waals surface area (Å²) in [6.07, 6.45) is 3.73. The monoisotopic (exact) mass is 707 g/mol. The summed E-state index contributed by atoms with van der Waals surface area (Å²) in [4.78, 5) is 29.0. The quantitative estimate of drug-likeness (QED) is 0.226. The van der Waals surface area contributed by atoms with Crippen molar-refractivity contribution < 1.29 is 37.0 Å². The molecule has 1 atom stereocenters. The standard InChI is InChI=1S/C33H39Cl2N3O8S/c1-21(33(40)36-23-8-6-7-9-23)37(19-22-10-13-26(34)27(35)16-22)32(39)20-38(28-17-24(43-2)11-14-29(28)44-3)47(41,42)25-12-15-30(45-4)31(18-25)46-5/h10-18,21,23H,6-9,19-20H2,1-5H3,(H,36,40)/t21-/m0/s1. The zero-order valence-electron chi connectivity index (χ0n) is 26.9. The predicted octanol–water partition coefficient (Wildman–Crippen LogP) is 5.70. The van der Waals surface area contributed by atoms with Crippen LogP contribution in [0.15, 0.2) is 59.5 Å². The van der Waals surface area contributed by atoms with Gasteiger partial charge in [0.25, 0.3) is 10.0 Å². The maximum Gasteiger partial charge on any atom is 0.265 e. The number of ether oxygens (including phenoxy) is 4. The van der Waals surface area contributed by atoms with Gasteiger partial charge >= 0.3 is 0 Å². The van der Waals surface area contributed by atoms with E-state index in [0.29, 0.717) is 22.1 Å². The van der Waals surface area contributed by atoms with Gasteiger partial charge in [0.2, 0.25) is 11.8 Å². The smallest absolute Gasteiger partial charge is 0.265 e. The lowest BCUT2D eigenvalue weighted by Crippen LogP contribution is -2.52. The average molecular weight is 709 g/mol. The average Bonchev–Trinajstić information content (AvgIpc) is 3.59. The molecule has 0 spiro atoms. The van der Waals surface area contributed by atoms with Crippen molar-refractivity contribution in [2.45, 2.75) is 56.1 Å². The first-order valence-corrected chi connectivity index (χ1v) is 17.1. The van der Waals surface area contributed by atoms with Crippen molar-refractivity contribution in [1.82, 2.24) is 10.2 Å². The van der Waals surface area contributed by atoms with Crippen LogP contribution in [-0.2, 0) is 26.2 Å². The van der Waals surface area contributed by atoms with Crippen LogP contribution in [0.5, 0.6) is 23.0 Å². The zero-order valence-corrected chi connectivity index (χ0v) is 29.2. The van der Waals surface area contributed by atoms with E-state index in [1.54, 1.807) is 37.3 Å². The van der Waals surface area contributed by atoms with E-state index >= 15 is 0 Å². The van der Waals surface area contributed by atoms with E-state index in [1.165, 1.54) is 57.6 Å². The van der Waals surface area contributed by atoms with Gasteiger partial charge in [-0.3, -0.25) is 13.9 Å². The molecule has 254 valence electrons. The summed E-state index contributed by atoms with van der Waals surface area (Å²) in [6.45, 7) is 0.871. The predicted molar refractivity (Wildman–Crippen MR) is 180 cm³/mol. The molecular formula is C33H39Cl2N3O8S. The lowest BCUT2D eigenvalue weighted by Gasteiger charge is -2.33. The summed E-state index contributed by atoms with van der Waals surface area (Å²) < 4.78 is 51.4. The summed E-state index contributed by atoms with van der Waals surface area (Å²) >= 11 is 12.4. The van der Waals surface area contributed by atoms with Crippen molar-refractivity contribution in [3.63, 3.8) is 0 Å². The molecule has 3 aromatic carbocycles. The number of sulfonamides is 1. The van der Waals surface area contributed by atoms with Crippen molar-refractivity contribution in [2.24, 2.45) is 0 Å². The normalized spacial score (nSPS) is 13.9. The molecule has 1 aliphatic rings. The van der Waals surface area contributed by atoms with Gasteiger partial charge < -0.3 is 29.2 Å². The molecule has 11 nitrogen and oxygen atoms in total. The summed E-state index contributed by atoms with van der Waals surface area (Å²) in [5.41, 5.74) is 0.647. The van der Waals surface area contributed by atoms with Gasteiger partial charge in [0.05, 0.1) is 49.1 Å². The van der Waals surface area contributed by atoms with Crippen molar-refractivity contribution in [3.05, 3.63) is 70.2 Å². The Labute approximate surface area is 285 Å². The van der Waals surface area contributed by atoms with Crippen molar-refractivity contribution in [1.29, 1.82) is 0 Å². The van der Waals surface area contributed by atoms with E-state index in [9.17, 15) is 18.0 Å². The highest BCUT2D eigenvalue weighted by Crippen LogP contribution is 2.38.